The van der Waals surface area contributed by atoms with Gasteiger partial charge in [0.2, 0.25) is 5.91 Å². The van der Waals surface area contributed by atoms with E-state index in [4.69, 9.17) is 0 Å². The Bertz CT molecular complexity index is 817. The Hall–Kier alpha value is -3.01. The van der Waals surface area contributed by atoms with Crippen molar-refractivity contribution in [1.29, 1.82) is 0 Å². The molecule has 0 spiro atoms. The quantitative estimate of drug-likeness (QED) is 0.430. The number of carbonyl (C=O) groups excluding carboxylic acids is 2. The van der Waals surface area contributed by atoms with Crippen molar-refractivity contribution in [2.45, 2.75) is 12.8 Å². The van der Waals surface area contributed by atoms with Crippen molar-refractivity contribution in [1.82, 2.24) is 15.2 Å². The lowest BCUT2D eigenvalue weighted by atomic mass is 10.2. The zero-order chi connectivity index (χ0) is 19.9. The largest absolute Gasteiger partial charge is 0.353 e. The van der Waals surface area contributed by atoms with Gasteiger partial charge in [-0.1, -0.05) is 0 Å². The van der Waals surface area contributed by atoms with Gasteiger partial charge in [-0.05, 0) is 23.9 Å². The fourth-order valence-electron chi connectivity index (χ4n) is 2.95. The van der Waals surface area contributed by atoms with E-state index in [0.717, 1.165) is 0 Å². The molecule has 0 aliphatic carbocycles. The van der Waals surface area contributed by atoms with E-state index in [1.54, 1.807) is 17.5 Å². The minimum absolute atomic E-state index is 0.0383. The highest BCUT2D eigenvalue weighted by molar-refractivity contribution is 7.08. The van der Waals surface area contributed by atoms with Gasteiger partial charge in [-0.15, -0.1) is 0 Å². The number of aromatic nitrogens is 1. The zero-order valence-electron chi connectivity index (χ0n) is 15.2. The van der Waals surface area contributed by atoms with Crippen molar-refractivity contribution in [3.8, 4) is 0 Å². The third-order valence-electron chi connectivity index (χ3n) is 4.54. The van der Waals surface area contributed by atoms with Crippen LogP contribution in [0, 0.1) is 10.1 Å². The molecule has 1 saturated heterocycles. The molecule has 2 aromatic heterocycles. The number of nitrogens with zero attached hydrogens (tertiary/aromatic N) is 4. The van der Waals surface area contributed by atoms with Crippen LogP contribution in [-0.4, -0.2) is 59.3 Å². The zero-order valence-corrected chi connectivity index (χ0v) is 16.1. The van der Waals surface area contributed by atoms with Gasteiger partial charge >= 0.3 is 0 Å². The SMILES string of the molecule is O=C(NCCCC(=O)N1CCN(c2ccc([N+](=O)[O-])cn2)CC1)c1ccsc1. The molecule has 0 unspecified atom stereocenters. The minimum atomic E-state index is -0.476. The Morgan fingerprint density at radius 2 is 2.00 bits per heavy atom. The number of piperazine rings is 1. The van der Waals surface area contributed by atoms with Crippen LogP contribution in [0.4, 0.5) is 11.5 Å². The van der Waals surface area contributed by atoms with Crippen molar-refractivity contribution in [3.63, 3.8) is 0 Å². The molecular formula is C18H21N5O4S. The average Bonchev–Trinajstić information content (AvgIpc) is 3.26. The number of nitrogens with one attached hydrogen (secondary N) is 1. The van der Waals surface area contributed by atoms with Gasteiger partial charge in [0.25, 0.3) is 11.6 Å². The lowest BCUT2D eigenvalue weighted by Crippen LogP contribution is -2.49. The molecule has 2 amide bonds. The highest BCUT2D eigenvalue weighted by Gasteiger charge is 2.22. The maximum atomic E-state index is 12.3. The fourth-order valence-corrected chi connectivity index (χ4v) is 3.59. The summed E-state index contributed by atoms with van der Waals surface area (Å²) in [5, 5.41) is 17.2. The second kappa shape index (κ2) is 9.27. The Kier molecular flexibility index (Phi) is 6.53. The molecule has 2 aromatic rings. The number of rotatable bonds is 7. The molecule has 0 atom stereocenters. The smallest absolute Gasteiger partial charge is 0.287 e. The fraction of sp³-hybridized carbons (Fsp3) is 0.389. The summed E-state index contributed by atoms with van der Waals surface area (Å²) in [6, 6.07) is 4.83. The van der Waals surface area contributed by atoms with Gasteiger partial charge in [0.1, 0.15) is 12.0 Å². The van der Waals surface area contributed by atoms with E-state index in [1.807, 2.05) is 15.2 Å². The monoisotopic (exact) mass is 403 g/mol. The molecule has 1 aliphatic heterocycles. The second-order valence-corrected chi connectivity index (χ2v) is 7.15. The van der Waals surface area contributed by atoms with Gasteiger partial charge < -0.3 is 15.1 Å². The Morgan fingerprint density at radius 3 is 2.61 bits per heavy atom. The summed E-state index contributed by atoms with van der Waals surface area (Å²) in [5.74, 6) is 0.632. The maximum absolute atomic E-state index is 12.3. The first-order chi connectivity index (χ1) is 13.5. The number of pyridine rings is 1. The molecule has 3 rings (SSSR count). The maximum Gasteiger partial charge on any atom is 0.287 e. The molecule has 3 heterocycles. The van der Waals surface area contributed by atoms with Crippen LogP contribution in [0.2, 0.25) is 0 Å². The van der Waals surface area contributed by atoms with E-state index in [9.17, 15) is 19.7 Å². The highest BCUT2D eigenvalue weighted by Crippen LogP contribution is 2.17. The molecule has 28 heavy (non-hydrogen) atoms. The van der Waals surface area contributed by atoms with Crippen LogP contribution in [0.1, 0.15) is 23.2 Å². The lowest BCUT2D eigenvalue weighted by Gasteiger charge is -2.35. The van der Waals surface area contributed by atoms with Crippen LogP contribution >= 0.6 is 11.3 Å². The predicted molar refractivity (Wildman–Crippen MR) is 106 cm³/mol. The lowest BCUT2D eigenvalue weighted by molar-refractivity contribution is -0.385. The van der Waals surface area contributed by atoms with Crippen molar-refractivity contribution < 1.29 is 14.5 Å². The number of thiophene rings is 1. The second-order valence-electron chi connectivity index (χ2n) is 6.37. The van der Waals surface area contributed by atoms with Crippen molar-refractivity contribution >= 4 is 34.7 Å². The summed E-state index contributed by atoms with van der Waals surface area (Å²) in [7, 11) is 0. The molecule has 9 nitrogen and oxygen atoms in total. The van der Waals surface area contributed by atoms with Gasteiger partial charge in [0, 0.05) is 56.2 Å². The predicted octanol–water partition coefficient (Wildman–Crippen LogP) is 1.91. The summed E-state index contributed by atoms with van der Waals surface area (Å²) >= 11 is 1.47. The standard InChI is InChI=1S/C18H21N5O4S/c24-17(2-1-6-19-18(25)14-5-11-28-13-14)22-9-7-21(8-10-22)16-4-3-15(12-20-16)23(26)27/h3-5,11-13H,1-2,6-10H2,(H,19,25). The number of hydrogen-bond donors (Lipinski definition) is 1. The Labute approximate surface area is 166 Å². The van der Waals surface area contributed by atoms with Crippen LogP contribution < -0.4 is 10.2 Å². The van der Waals surface area contributed by atoms with Crippen molar-refractivity contribution in [2.75, 3.05) is 37.6 Å². The highest BCUT2D eigenvalue weighted by atomic mass is 32.1. The summed E-state index contributed by atoms with van der Waals surface area (Å²) in [6.45, 7) is 2.89. The van der Waals surface area contributed by atoms with Gasteiger partial charge in [-0.25, -0.2) is 4.98 Å². The topological polar surface area (TPSA) is 109 Å². The van der Waals surface area contributed by atoms with Crippen LogP contribution in [0.25, 0.3) is 0 Å². The van der Waals surface area contributed by atoms with E-state index >= 15 is 0 Å². The van der Waals surface area contributed by atoms with Crippen LogP contribution in [0.15, 0.2) is 35.2 Å². The summed E-state index contributed by atoms with van der Waals surface area (Å²) in [6.07, 6.45) is 2.23. The van der Waals surface area contributed by atoms with Gasteiger partial charge in [0.05, 0.1) is 4.92 Å². The molecule has 148 valence electrons. The molecule has 1 aliphatic rings. The van der Waals surface area contributed by atoms with Crippen molar-refractivity contribution in [2.24, 2.45) is 0 Å². The minimum Gasteiger partial charge on any atom is -0.353 e. The number of amides is 2. The number of anilines is 1. The van der Waals surface area contributed by atoms with Gasteiger partial charge in [-0.3, -0.25) is 19.7 Å². The van der Waals surface area contributed by atoms with Crippen molar-refractivity contribution in [3.05, 3.63) is 50.8 Å². The normalized spacial score (nSPS) is 14.0. The van der Waals surface area contributed by atoms with E-state index in [2.05, 4.69) is 10.3 Å². The first-order valence-electron chi connectivity index (χ1n) is 8.98. The van der Waals surface area contributed by atoms with Crippen LogP contribution in [-0.2, 0) is 4.79 Å². The number of nitro groups is 1. The molecule has 0 saturated carbocycles. The summed E-state index contributed by atoms with van der Waals surface area (Å²) in [5.41, 5.74) is 0.607. The van der Waals surface area contributed by atoms with E-state index in [0.29, 0.717) is 56.9 Å². The number of hydrogen-bond acceptors (Lipinski definition) is 7. The molecule has 0 radical (unpaired) electrons. The Balaban J connectivity index is 1.37. The third-order valence-corrected chi connectivity index (χ3v) is 5.22. The van der Waals surface area contributed by atoms with Crippen LogP contribution in [0.3, 0.4) is 0 Å². The third kappa shape index (κ3) is 5.03. The van der Waals surface area contributed by atoms with E-state index in [-0.39, 0.29) is 17.5 Å². The molecule has 0 aromatic carbocycles. The summed E-state index contributed by atoms with van der Waals surface area (Å²) < 4.78 is 0. The first-order valence-corrected chi connectivity index (χ1v) is 9.92. The van der Waals surface area contributed by atoms with E-state index in [1.165, 1.54) is 23.6 Å². The molecule has 1 N–H and O–H groups in total. The molecule has 1 fully saturated rings. The average molecular weight is 403 g/mol. The van der Waals surface area contributed by atoms with Gasteiger partial charge in [0.15, 0.2) is 0 Å². The Morgan fingerprint density at radius 1 is 1.21 bits per heavy atom. The molecule has 0 bridgehead atoms. The summed E-state index contributed by atoms with van der Waals surface area (Å²) in [4.78, 5) is 42.3. The number of carbonyl (C=O) groups is 2. The van der Waals surface area contributed by atoms with E-state index < -0.39 is 4.92 Å². The molecular weight excluding hydrogens is 382 g/mol. The first kappa shape index (κ1) is 19.7. The van der Waals surface area contributed by atoms with Crippen LogP contribution in [0.5, 0.6) is 0 Å². The van der Waals surface area contributed by atoms with Gasteiger partial charge in [-0.2, -0.15) is 11.3 Å². The molecule has 10 heteroatoms.